The number of nitrogens with zero attached hydrogens (tertiary/aromatic N) is 4. The lowest BCUT2D eigenvalue weighted by atomic mass is 9.98. The number of urea groups is 1. The van der Waals surface area contributed by atoms with Gasteiger partial charge in [-0.05, 0) is 37.8 Å². The summed E-state index contributed by atoms with van der Waals surface area (Å²) in [5, 5.41) is 6.62. The molecule has 2 fully saturated rings. The van der Waals surface area contributed by atoms with Gasteiger partial charge in [-0.3, -0.25) is 9.59 Å². The van der Waals surface area contributed by atoms with Crippen LogP contribution in [0.15, 0.2) is 54.6 Å². The maximum Gasteiger partial charge on any atom is 0.333 e. The summed E-state index contributed by atoms with van der Waals surface area (Å²) in [6.07, 6.45) is 2.58. The van der Waals surface area contributed by atoms with Crippen LogP contribution < -0.4 is 5.32 Å². The normalized spacial score (nSPS) is 20.9. The number of hydrogen-bond acceptors (Lipinski definition) is 4. The molecule has 8 nitrogen and oxygen atoms in total. The first-order valence-corrected chi connectivity index (χ1v) is 13.9. The van der Waals surface area contributed by atoms with Crippen LogP contribution in [0.1, 0.15) is 69.2 Å². The molecule has 0 bridgehead atoms. The van der Waals surface area contributed by atoms with E-state index in [1.165, 1.54) is 0 Å². The number of hydrazine groups is 1. The molecule has 0 aromatic heterocycles. The predicted octanol–water partition coefficient (Wildman–Crippen LogP) is 4.46. The Morgan fingerprint density at radius 1 is 1.03 bits per heavy atom. The Labute approximate surface area is 226 Å². The Morgan fingerprint density at radius 2 is 1.74 bits per heavy atom. The van der Waals surface area contributed by atoms with E-state index < -0.39 is 12.2 Å². The molecular formula is C30H41N5O3. The first-order valence-electron chi connectivity index (χ1n) is 13.9. The van der Waals surface area contributed by atoms with Crippen molar-refractivity contribution in [2.75, 3.05) is 19.6 Å². The van der Waals surface area contributed by atoms with Crippen LogP contribution in [0.4, 0.5) is 4.79 Å². The standard InChI is InChI=1S/C30H41N5O3/c1-5-7-18-31-30(38)35-27-20-33(23(4)25-12-9-8-10-13-25)29(37)26(11-6-2)34(27)28(36)21-32(35)19-24-16-14-22(3)15-17-24/h8-10,12-17,23,26-27H,5-7,11,18-21H2,1-4H3,(H,31,38)/t23-,26-,27-/m0/s1. The van der Waals surface area contributed by atoms with Crippen molar-refractivity contribution in [1.82, 2.24) is 25.1 Å². The van der Waals surface area contributed by atoms with Crippen molar-refractivity contribution < 1.29 is 14.4 Å². The van der Waals surface area contributed by atoms with Gasteiger partial charge in [0.25, 0.3) is 0 Å². The summed E-state index contributed by atoms with van der Waals surface area (Å²) in [5.74, 6) is -0.162. The Morgan fingerprint density at radius 3 is 2.39 bits per heavy atom. The maximum atomic E-state index is 13.8. The predicted molar refractivity (Wildman–Crippen MR) is 148 cm³/mol. The molecule has 4 amide bonds. The van der Waals surface area contributed by atoms with Gasteiger partial charge >= 0.3 is 6.03 Å². The average Bonchev–Trinajstić information content (AvgIpc) is 2.91. The van der Waals surface area contributed by atoms with Gasteiger partial charge in [0.1, 0.15) is 12.2 Å². The summed E-state index contributed by atoms with van der Waals surface area (Å²) < 4.78 is 0. The topological polar surface area (TPSA) is 76.2 Å². The first-order chi connectivity index (χ1) is 18.3. The number of nitrogens with one attached hydrogen (secondary N) is 1. The molecular weight excluding hydrogens is 478 g/mol. The van der Waals surface area contributed by atoms with Crippen molar-refractivity contribution in [1.29, 1.82) is 0 Å². The Hall–Kier alpha value is -3.39. The number of fused-ring (bicyclic) bond motifs is 1. The van der Waals surface area contributed by atoms with Crippen LogP contribution in [-0.2, 0) is 16.1 Å². The fourth-order valence-corrected chi connectivity index (χ4v) is 5.46. The number of benzene rings is 2. The van der Waals surface area contributed by atoms with Crippen LogP contribution in [0.25, 0.3) is 0 Å². The van der Waals surface area contributed by atoms with Gasteiger partial charge in [-0.15, -0.1) is 0 Å². The number of carbonyl (C=O) groups is 3. The zero-order chi connectivity index (χ0) is 27.2. The van der Waals surface area contributed by atoms with E-state index in [9.17, 15) is 14.4 Å². The highest BCUT2D eigenvalue weighted by Crippen LogP contribution is 2.33. The smallest absolute Gasteiger partial charge is 0.333 e. The largest absolute Gasteiger partial charge is 0.337 e. The molecule has 0 radical (unpaired) electrons. The molecule has 1 N–H and O–H groups in total. The third-order valence-electron chi connectivity index (χ3n) is 7.59. The Bertz CT molecular complexity index is 1110. The van der Waals surface area contributed by atoms with Crippen molar-refractivity contribution in [2.24, 2.45) is 0 Å². The first kappa shape index (κ1) is 27.6. The molecule has 0 unspecified atom stereocenters. The highest BCUT2D eigenvalue weighted by molar-refractivity contribution is 5.91. The van der Waals surface area contributed by atoms with Gasteiger partial charge < -0.3 is 15.1 Å². The monoisotopic (exact) mass is 519 g/mol. The lowest BCUT2D eigenvalue weighted by Gasteiger charge is -2.56. The lowest BCUT2D eigenvalue weighted by molar-refractivity contribution is -0.194. The second-order valence-corrected chi connectivity index (χ2v) is 10.4. The van der Waals surface area contributed by atoms with Crippen molar-refractivity contribution in [2.45, 2.75) is 78.2 Å². The molecule has 4 rings (SSSR count). The number of amides is 4. The van der Waals surface area contributed by atoms with E-state index in [-0.39, 0.29) is 37.0 Å². The zero-order valence-electron chi connectivity index (χ0n) is 23.1. The van der Waals surface area contributed by atoms with E-state index in [0.29, 0.717) is 19.5 Å². The minimum absolute atomic E-state index is 0.0489. The van der Waals surface area contributed by atoms with Crippen LogP contribution in [0, 0.1) is 6.92 Å². The summed E-state index contributed by atoms with van der Waals surface area (Å²) in [5.41, 5.74) is 3.21. The second kappa shape index (κ2) is 12.4. The summed E-state index contributed by atoms with van der Waals surface area (Å²) >= 11 is 0. The fraction of sp³-hybridized carbons (Fsp3) is 0.500. The molecule has 0 saturated carbocycles. The van der Waals surface area contributed by atoms with Crippen LogP contribution in [0.3, 0.4) is 0 Å². The van der Waals surface area contributed by atoms with Crippen LogP contribution >= 0.6 is 0 Å². The molecule has 2 heterocycles. The van der Waals surface area contributed by atoms with E-state index >= 15 is 0 Å². The minimum atomic E-state index is -0.593. The molecule has 3 atom stereocenters. The number of carbonyl (C=O) groups excluding carboxylic acids is 3. The molecule has 2 aliphatic rings. The molecule has 0 aliphatic carbocycles. The van der Waals surface area contributed by atoms with E-state index in [4.69, 9.17) is 0 Å². The quantitative estimate of drug-likeness (QED) is 0.496. The van der Waals surface area contributed by atoms with Crippen LogP contribution in [-0.4, -0.2) is 69.5 Å². The van der Waals surface area contributed by atoms with E-state index in [1.54, 1.807) is 9.91 Å². The van der Waals surface area contributed by atoms with Gasteiger partial charge in [0.05, 0.1) is 19.1 Å². The number of hydrogen-bond donors (Lipinski definition) is 1. The molecule has 2 saturated heterocycles. The second-order valence-electron chi connectivity index (χ2n) is 10.4. The summed E-state index contributed by atoms with van der Waals surface area (Å²) in [4.78, 5) is 44.7. The molecule has 204 valence electrons. The number of aryl methyl sites for hydroxylation is 1. The fourth-order valence-electron chi connectivity index (χ4n) is 5.46. The van der Waals surface area contributed by atoms with Crippen LogP contribution in [0.2, 0.25) is 0 Å². The molecule has 8 heteroatoms. The Kier molecular flexibility index (Phi) is 9.05. The van der Waals surface area contributed by atoms with Crippen molar-refractivity contribution in [3.05, 3.63) is 71.3 Å². The van der Waals surface area contributed by atoms with Crippen molar-refractivity contribution in [3.63, 3.8) is 0 Å². The number of rotatable bonds is 9. The van der Waals surface area contributed by atoms with Crippen molar-refractivity contribution >= 4 is 17.8 Å². The van der Waals surface area contributed by atoms with Gasteiger partial charge in [-0.2, -0.15) is 0 Å². The van der Waals surface area contributed by atoms with E-state index in [2.05, 4.69) is 12.2 Å². The average molecular weight is 520 g/mol. The number of piperazine rings is 1. The van der Waals surface area contributed by atoms with Gasteiger partial charge in [0.2, 0.25) is 11.8 Å². The minimum Gasteiger partial charge on any atom is -0.337 e. The molecule has 2 aromatic carbocycles. The van der Waals surface area contributed by atoms with E-state index in [0.717, 1.165) is 36.0 Å². The van der Waals surface area contributed by atoms with Crippen molar-refractivity contribution in [3.8, 4) is 0 Å². The van der Waals surface area contributed by atoms with Gasteiger partial charge in [0.15, 0.2) is 0 Å². The molecule has 2 aliphatic heterocycles. The Balaban J connectivity index is 1.71. The van der Waals surface area contributed by atoms with E-state index in [1.807, 2.05) is 85.3 Å². The van der Waals surface area contributed by atoms with Crippen LogP contribution in [0.5, 0.6) is 0 Å². The third kappa shape index (κ3) is 5.85. The summed E-state index contributed by atoms with van der Waals surface area (Å²) in [7, 11) is 0. The molecule has 38 heavy (non-hydrogen) atoms. The highest BCUT2D eigenvalue weighted by Gasteiger charge is 2.51. The third-order valence-corrected chi connectivity index (χ3v) is 7.59. The molecule has 2 aromatic rings. The summed E-state index contributed by atoms with van der Waals surface area (Å²) in [6, 6.07) is 17.1. The zero-order valence-corrected chi connectivity index (χ0v) is 23.1. The maximum absolute atomic E-state index is 13.8. The highest BCUT2D eigenvalue weighted by atomic mass is 16.2. The molecule has 0 spiro atoms. The van der Waals surface area contributed by atoms with Gasteiger partial charge in [0, 0.05) is 13.1 Å². The lowest BCUT2D eigenvalue weighted by Crippen LogP contribution is -2.76. The van der Waals surface area contributed by atoms with Gasteiger partial charge in [-0.1, -0.05) is 86.8 Å². The SMILES string of the molecule is CCCCNC(=O)N1[C@H]2CN([C@@H](C)c3ccccc3)C(=O)[C@H](CCC)N2C(=O)CN1Cc1ccc(C)cc1. The van der Waals surface area contributed by atoms with Gasteiger partial charge in [-0.25, -0.2) is 14.8 Å². The summed E-state index contributed by atoms with van der Waals surface area (Å²) in [6.45, 7) is 9.46. The number of unbranched alkanes of at least 4 members (excludes halogenated alkanes) is 1.